The average molecular weight is 315 g/mol. The molecular formula is C13H19ClN4O3. The maximum absolute atomic E-state index is 11.9. The lowest BCUT2D eigenvalue weighted by molar-refractivity contribution is 0.0293. The molecule has 1 atom stereocenters. The van der Waals surface area contributed by atoms with Crippen LogP contribution in [0.25, 0.3) is 0 Å². The molecule has 8 heteroatoms. The first-order valence-electron chi connectivity index (χ1n) is 6.74. The molecule has 2 heterocycles. The molecule has 7 nitrogen and oxygen atoms in total. The third-order valence-corrected chi connectivity index (χ3v) is 3.21. The molecule has 2 rings (SSSR count). The van der Waals surface area contributed by atoms with Gasteiger partial charge in [-0.05, 0) is 27.2 Å². The molecule has 0 radical (unpaired) electrons. The number of nitrogens with zero attached hydrogens (tertiary/aromatic N) is 2. The topological polar surface area (TPSA) is 87.3 Å². The molecule has 2 N–H and O–H groups in total. The van der Waals surface area contributed by atoms with Gasteiger partial charge >= 0.3 is 6.09 Å². The lowest BCUT2D eigenvalue weighted by Gasteiger charge is -2.24. The van der Waals surface area contributed by atoms with Crippen molar-refractivity contribution in [3.05, 3.63) is 21.6 Å². The molecule has 0 saturated carbocycles. The smallest absolute Gasteiger partial charge is 0.410 e. The molecule has 1 aromatic heterocycles. The number of carbonyl (C=O) groups is 1. The van der Waals surface area contributed by atoms with Gasteiger partial charge in [0.25, 0.3) is 5.56 Å². The summed E-state index contributed by atoms with van der Waals surface area (Å²) < 4.78 is 5.32. The number of rotatable bonds is 2. The van der Waals surface area contributed by atoms with E-state index in [9.17, 15) is 9.59 Å². The van der Waals surface area contributed by atoms with Crippen molar-refractivity contribution in [3.63, 3.8) is 0 Å². The van der Waals surface area contributed by atoms with Gasteiger partial charge in [-0.1, -0.05) is 11.6 Å². The van der Waals surface area contributed by atoms with Crippen LogP contribution >= 0.6 is 11.6 Å². The monoisotopic (exact) mass is 314 g/mol. The lowest BCUT2D eigenvalue weighted by atomic mass is 10.2. The van der Waals surface area contributed by atoms with Gasteiger partial charge in [-0.2, -0.15) is 0 Å². The van der Waals surface area contributed by atoms with Crippen molar-refractivity contribution in [2.24, 2.45) is 0 Å². The van der Waals surface area contributed by atoms with Gasteiger partial charge in [0.05, 0.1) is 6.20 Å². The number of aromatic nitrogens is 2. The zero-order valence-electron chi connectivity index (χ0n) is 12.3. The van der Waals surface area contributed by atoms with Gasteiger partial charge in [0.2, 0.25) is 5.95 Å². The maximum Gasteiger partial charge on any atom is 0.410 e. The number of amides is 1. The summed E-state index contributed by atoms with van der Waals surface area (Å²) in [7, 11) is 0. The van der Waals surface area contributed by atoms with E-state index in [2.05, 4.69) is 15.3 Å². The Bertz CT molecular complexity index is 582. The molecular weight excluding hydrogens is 296 g/mol. The summed E-state index contributed by atoms with van der Waals surface area (Å²) >= 11 is 5.62. The van der Waals surface area contributed by atoms with Crippen LogP contribution in [0.4, 0.5) is 10.7 Å². The Labute approximate surface area is 127 Å². The maximum atomic E-state index is 11.9. The minimum Gasteiger partial charge on any atom is -0.444 e. The van der Waals surface area contributed by atoms with Gasteiger partial charge < -0.3 is 15.0 Å². The van der Waals surface area contributed by atoms with Crippen LogP contribution in [0.1, 0.15) is 27.2 Å². The molecule has 0 aliphatic carbocycles. The fourth-order valence-electron chi connectivity index (χ4n) is 2.02. The number of halogens is 1. The number of ether oxygens (including phenoxy) is 1. The molecule has 0 aromatic carbocycles. The van der Waals surface area contributed by atoms with Gasteiger partial charge in [-0.15, -0.1) is 0 Å². The second kappa shape index (κ2) is 5.93. The first-order chi connectivity index (χ1) is 9.74. The van der Waals surface area contributed by atoms with E-state index in [0.29, 0.717) is 19.0 Å². The molecule has 1 unspecified atom stereocenters. The van der Waals surface area contributed by atoms with Crippen molar-refractivity contribution in [3.8, 4) is 0 Å². The van der Waals surface area contributed by atoms with Crippen molar-refractivity contribution in [2.75, 3.05) is 18.4 Å². The number of likely N-dealkylation sites (tertiary alicyclic amines) is 1. The highest BCUT2D eigenvalue weighted by molar-refractivity contribution is 6.30. The molecule has 1 aliphatic rings. The van der Waals surface area contributed by atoms with Crippen LogP contribution in [0.3, 0.4) is 0 Å². The molecule has 116 valence electrons. The van der Waals surface area contributed by atoms with Crippen LogP contribution in [0.2, 0.25) is 5.02 Å². The van der Waals surface area contributed by atoms with Gasteiger partial charge in [-0.3, -0.25) is 9.78 Å². The minimum atomic E-state index is -0.508. The summed E-state index contributed by atoms with van der Waals surface area (Å²) in [6.45, 7) is 6.60. The van der Waals surface area contributed by atoms with Crippen molar-refractivity contribution >= 4 is 23.6 Å². The number of carbonyl (C=O) groups excluding carboxylic acids is 1. The van der Waals surface area contributed by atoms with Crippen LogP contribution < -0.4 is 10.9 Å². The van der Waals surface area contributed by atoms with E-state index in [1.807, 2.05) is 20.8 Å². The molecule has 1 fully saturated rings. The largest absolute Gasteiger partial charge is 0.444 e. The highest BCUT2D eigenvalue weighted by Crippen LogP contribution is 2.17. The van der Waals surface area contributed by atoms with Crippen molar-refractivity contribution in [1.29, 1.82) is 0 Å². The van der Waals surface area contributed by atoms with E-state index in [1.54, 1.807) is 4.90 Å². The number of hydrogen-bond acceptors (Lipinski definition) is 5. The van der Waals surface area contributed by atoms with E-state index < -0.39 is 11.2 Å². The fraction of sp³-hybridized carbons (Fsp3) is 0.615. The summed E-state index contributed by atoms with van der Waals surface area (Å²) in [5.74, 6) is 0.348. The zero-order chi connectivity index (χ0) is 15.6. The van der Waals surface area contributed by atoms with E-state index in [-0.39, 0.29) is 17.2 Å². The van der Waals surface area contributed by atoms with Gasteiger partial charge in [-0.25, -0.2) is 9.78 Å². The lowest BCUT2D eigenvalue weighted by Crippen LogP contribution is -2.36. The van der Waals surface area contributed by atoms with Crippen LogP contribution in [-0.2, 0) is 4.74 Å². The summed E-state index contributed by atoms with van der Waals surface area (Å²) in [5.41, 5.74) is -0.901. The summed E-state index contributed by atoms with van der Waals surface area (Å²) in [5, 5.41) is 3.13. The quantitative estimate of drug-likeness (QED) is 0.869. The zero-order valence-corrected chi connectivity index (χ0v) is 13.0. The Hall–Kier alpha value is -1.76. The average Bonchev–Trinajstić information content (AvgIpc) is 2.80. The minimum absolute atomic E-state index is 0.0156. The van der Waals surface area contributed by atoms with Crippen molar-refractivity contribution in [2.45, 2.75) is 38.8 Å². The fourth-order valence-corrected chi connectivity index (χ4v) is 2.11. The predicted octanol–water partition coefficient (Wildman–Crippen LogP) is 1.84. The Kier molecular flexibility index (Phi) is 4.41. The molecule has 0 spiro atoms. The number of aromatic amines is 1. The van der Waals surface area contributed by atoms with E-state index in [0.717, 1.165) is 6.42 Å². The van der Waals surface area contributed by atoms with Crippen molar-refractivity contribution < 1.29 is 9.53 Å². The van der Waals surface area contributed by atoms with Gasteiger partial charge in [0.1, 0.15) is 10.6 Å². The Balaban J connectivity index is 1.92. The van der Waals surface area contributed by atoms with E-state index in [4.69, 9.17) is 16.3 Å². The number of nitrogens with one attached hydrogen (secondary N) is 2. The van der Waals surface area contributed by atoms with E-state index >= 15 is 0 Å². The Morgan fingerprint density at radius 1 is 1.57 bits per heavy atom. The number of hydrogen-bond donors (Lipinski definition) is 2. The molecule has 21 heavy (non-hydrogen) atoms. The first-order valence-corrected chi connectivity index (χ1v) is 7.12. The van der Waals surface area contributed by atoms with Crippen LogP contribution in [0.5, 0.6) is 0 Å². The highest BCUT2D eigenvalue weighted by atomic mass is 35.5. The third-order valence-electron chi connectivity index (χ3n) is 2.94. The normalized spacial score (nSPS) is 18.7. The van der Waals surface area contributed by atoms with E-state index in [1.165, 1.54) is 6.20 Å². The van der Waals surface area contributed by atoms with Gasteiger partial charge in [0, 0.05) is 19.1 Å². The first kappa shape index (κ1) is 15.6. The Morgan fingerprint density at radius 2 is 2.29 bits per heavy atom. The van der Waals surface area contributed by atoms with Crippen LogP contribution in [0, 0.1) is 0 Å². The number of H-pyrrole nitrogens is 1. The van der Waals surface area contributed by atoms with Crippen molar-refractivity contribution in [1.82, 2.24) is 14.9 Å². The summed E-state index contributed by atoms with van der Waals surface area (Å²) in [4.78, 5) is 31.5. The van der Waals surface area contributed by atoms with Crippen LogP contribution in [-0.4, -0.2) is 45.7 Å². The SMILES string of the molecule is CC(C)(C)OC(=O)N1CCC(Nc2ncc(Cl)c(=O)[nH]2)C1. The molecule has 1 amide bonds. The summed E-state index contributed by atoms with van der Waals surface area (Å²) in [6.07, 6.45) is 1.72. The number of anilines is 1. The predicted molar refractivity (Wildman–Crippen MR) is 79.7 cm³/mol. The third kappa shape index (κ3) is 4.35. The standard InChI is InChI=1S/C13H19ClN4O3/c1-13(2,3)21-12(20)18-5-4-8(7-18)16-11-15-6-9(14)10(19)17-11/h6,8H,4-5,7H2,1-3H3,(H2,15,16,17,19). The molecule has 1 saturated heterocycles. The molecule has 0 bridgehead atoms. The molecule has 1 aromatic rings. The Morgan fingerprint density at radius 3 is 2.90 bits per heavy atom. The van der Waals surface area contributed by atoms with Gasteiger partial charge in [0.15, 0.2) is 0 Å². The highest BCUT2D eigenvalue weighted by Gasteiger charge is 2.29. The van der Waals surface area contributed by atoms with Crippen LogP contribution in [0.15, 0.2) is 11.0 Å². The second-order valence-corrected chi connectivity index (χ2v) is 6.37. The molecule has 1 aliphatic heterocycles. The second-order valence-electron chi connectivity index (χ2n) is 5.97. The summed E-state index contributed by atoms with van der Waals surface area (Å²) in [6, 6.07) is 0.0156.